The van der Waals surface area contributed by atoms with Gasteiger partial charge in [-0.05, 0) is 48.8 Å². The van der Waals surface area contributed by atoms with E-state index in [0.717, 1.165) is 17.9 Å². The normalized spacial score (nSPS) is 37.0. The monoisotopic (exact) mass is 422 g/mol. The number of halogens is 1. The highest BCUT2D eigenvalue weighted by atomic mass is 32.2. The van der Waals surface area contributed by atoms with Gasteiger partial charge in [0.1, 0.15) is 5.82 Å². The number of amidine groups is 1. The van der Waals surface area contributed by atoms with Gasteiger partial charge in [0, 0.05) is 11.3 Å². The molecule has 1 aromatic rings. The zero-order valence-corrected chi connectivity index (χ0v) is 17.1. The molecule has 2 aliphatic heterocycles. The van der Waals surface area contributed by atoms with Crippen molar-refractivity contribution in [1.29, 1.82) is 0 Å². The molecule has 2 aliphatic carbocycles. The Morgan fingerprint density at radius 2 is 1.93 bits per heavy atom. The molecule has 2 bridgehead atoms. The van der Waals surface area contributed by atoms with E-state index in [0.29, 0.717) is 17.1 Å². The van der Waals surface area contributed by atoms with Crippen LogP contribution in [-0.2, 0) is 21.1 Å². The summed E-state index contributed by atoms with van der Waals surface area (Å²) in [5, 5.41) is 0.677. The first-order valence-electron chi connectivity index (χ1n) is 9.89. The minimum Gasteiger partial charge on any atom is -0.343 e. The Balaban J connectivity index is 1.40. The van der Waals surface area contributed by atoms with E-state index >= 15 is 0 Å². The molecule has 0 N–H and O–H groups in total. The molecular weight excluding hydrogens is 399 g/mol. The lowest BCUT2D eigenvalue weighted by atomic mass is 9.93. The second kappa shape index (κ2) is 6.83. The molecule has 28 heavy (non-hydrogen) atoms. The minimum absolute atomic E-state index is 0.0264. The molecule has 2 saturated heterocycles. The fraction of sp³-hybridized carbons (Fsp3) is 0.600. The first-order chi connectivity index (χ1) is 13.4. The Morgan fingerprint density at radius 3 is 2.61 bits per heavy atom. The van der Waals surface area contributed by atoms with Gasteiger partial charge >= 0.3 is 0 Å². The average Bonchev–Trinajstić information content (AvgIpc) is 3.36. The lowest BCUT2D eigenvalue weighted by molar-refractivity contribution is -0.117. The third kappa shape index (κ3) is 3.38. The molecular formula is C20H23FN2O3S2. The average molecular weight is 423 g/mol. The SMILES string of the molecule is O=C(Cc1ccc(F)cc1)N=C1S[C@H]2CS(=O)(=O)C[C@@H]2N1[C@@H]1C[C@@H]2CC[C@@H]1C2. The van der Waals surface area contributed by atoms with E-state index in [-0.39, 0.29) is 40.9 Å². The van der Waals surface area contributed by atoms with Crippen LogP contribution in [0.15, 0.2) is 29.3 Å². The topological polar surface area (TPSA) is 66.8 Å². The van der Waals surface area contributed by atoms with Gasteiger partial charge in [-0.25, -0.2) is 12.8 Å². The lowest BCUT2D eigenvalue weighted by Crippen LogP contribution is -2.47. The maximum atomic E-state index is 13.1. The summed E-state index contributed by atoms with van der Waals surface area (Å²) in [7, 11) is -3.02. The fourth-order valence-electron chi connectivity index (χ4n) is 5.45. The van der Waals surface area contributed by atoms with E-state index in [2.05, 4.69) is 9.89 Å². The van der Waals surface area contributed by atoms with Gasteiger partial charge in [0.25, 0.3) is 5.91 Å². The molecule has 150 valence electrons. The predicted molar refractivity (Wildman–Crippen MR) is 107 cm³/mol. The summed E-state index contributed by atoms with van der Waals surface area (Å²) in [5.74, 6) is 1.07. The van der Waals surface area contributed by atoms with Crippen molar-refractivity contribution in [3.8, 4) is 0 Å². The van der Waals surface area contributed by atoms with E-state index in [1.54, 1.807) is 12.1 Å². The van der Waals surface area contributed by atoms with Crippen LogP contribution in [-0.4, -0.2) is 53.2 Å². The molecule has 0 radical (unpaired) electrons. The van der Waals surface area contributed by atoms with E-state index in [4.69, 9.17) is 0 Å². The lowest BCUT2D eigenvalue weighted by Gasteiger charge is -2.36. The van der Waals surface area contributed by atoms with Crippen molar-refractivity contribution in [3.05, 3.63) is 35.6 Å². The highest BCUT2D eigenvalue weighted by molar-refractivity contribution is 8.15. The van der Waals surface area contributed by atoms with E-state index in [1.807, 2.05) is 0 Å². The number of hydrogen-bond acceptors (Lipinski definition) is 4. The van der Waals surface area contributed by atoms with Crippen molar-refractivity contribution in [3.63, 3.8) is 0 Å². The number of fused-ring (bicyclic) bond motifs is 3. The molecule has 2 heterocycles. The Hall–Kier alpha value is -1.41. The van der Waals surface area contributed by atoms with Gasteiger partial charge in [-0.3, -0.25) is 4.79 Å². The van der Waals surface area contributed by atoms with Gasteiger partial charge in [0.05, 0.1) is 24.0 Å². The van der Waals surface area contributed by atoms with Gasteiger partial charge in [0.2, 0.25) is 0 Å². The predicted octanol–water partition coefficient (Wildman–Crippen LogP) is 2.65. The number of hydrogen-bond donors (Lipinski definition) is 0. The van der Waals surface area contributed by atoms with Crippen molar-refractivity contribution >= 4 is 32.7 Å². The molecule has 5 atom stereocenters. The van der Waals surface area contributed by atoms with Crippen molar-refractivity contribution in [2.75, 3.05) is 11.5 Å². The maximum Gasteiger partial charge on any atom is 0.252 e. The zero-order valence-electron chi connectivity index (χ0n) is 15.5. The van der Waals surface area contributed by atoms with Crippen molar-refractivity contribution in [1.82, 2.24) is 4.90 Å². The summed E-state index contributed by atoms with van der Waals surface area (Å²) >= 11 is 1.46. The number of sulfone groups is 1. The Bertz CT molecular complexity index is 931. The Labute approximate surface area is 168 Å². The number of carbonyl (C=O) groups excluding carboxylic acids is 1. The zero-order chi connectivity index (χ0) is 19.5. The first kappa shape index (κ1) is 18.6. The van der Waals surface area contributed by atoms with Crippen LogP contribution in [0.5, 0.6) is 0 Å². The van der Waals surface area contributed by atoms with Crippen LogP contribution in [0.1, 0.15) is 31.2 Å². The van der Waals surface area contributed by atoms with E-state index in [9.17, 15) is 17.6 Å². The Morgan fingerprint density at radius 1 is 1.14 bits per heavy atom. The molecule has 2 saturated carbocycles. The summed E-state index contributed by atoms with van der Waals surface area (Å²) < 4.78 is 37.4. The van der Waals surface area contributed by atoms with Crippen LogP contribution in [0.25, 0.3) is 0 Å². The first-order valence-corrected chi connectivity index (χ1v) is 12.6. The van der Waals surface area contributed by atoms with Crippen LogP contribution in [0, 0.1) is 17.7 Å². The molecule has 4 fully saturated rings. The molecule has 4 aliphatic rings. The third-order valence-corrected chi connectivity index (χ3v) is 9.88. The van der Waals surface area contributed by atoms with Crippen molar-refractivity contribution in [2.24, 2.45) is 16.8 Å². The maximum absolute atomic E-state index is 13.1. The van der Waals surface area contributed by atoms with Crippen LogP contribution < -0.4 is 0 Å². The number of aliphatic imine (C=N–C) groups is 1. The summed E-state index contributed by atoms with van der Waals surface area (Å²) in [6.07, 6.45) is 4.89. The molecule has 0 unspecified atom stereocenters. The highest BCUT2D eigenvalue weighted by Crippen LogP contribution is 2.51. The molecule has 8 heteroatoms. The molecule has 0 aromatic heterocycles. The number of nitrogens with zero attached hydrogens (tertiary/aromatic N) is 2. The number of benzene rings is 1. The fourth-order valence-corrected chi connectivity index (χ4v) is 9.44. The van der Waals surface area contributed by atoms with Gasteiger partial charge < -0.3 is 4.90 Å². The molecule has 0 spiro atoms. The van der Waals surface area contributed by atoms with Gasteiger partial charge in [-0.2, -0.15) is 4.99 Å². The summed E-state index contributed by atoms with van der Waals surface area (Å²) in [5.41, 5.74) is 0.730. The summed E-state index contributed by atoms with van der Waals surface area (Å²) in [6.45, 7) is 0. The van der Waals surface area contributed by atoms with Crippen LogP contribution in [0.2, 0.25) is 0 Å². The van der Waals surface area contributed by atoms with Crippen molar-refractivity contribution < 1.29 is 17.6 Å². The van der Waals surface area contributed by atoms with Crippen LogP contribution in [0.4, 0.5) is 4.39 Å². The number of carbonyl (C=O) groups is 1. The quantitative estimate of drug-likeness (QED) is 0.749. The van der Waals surface area contributed by atoms with Gasteiger partial charge in [0.15, 0.2) is 15.0 Å². The molecule has 1 amide bonds. The second-order valence-electron chi connectivity index (χ2n) is 8.54. The second-order valence-corrected chi connectivity index (χ2v) is 11.9. The molecule has 5 nitrogen and oxygen atoms in total. The number of thioether (sulfide) groups is 1. The highest BCUT2D eigenvalue weighted by Gasteiger charge is 2.54. The standard InChI is InChI=1S/C20H23FN2O3S2/c21-15-5-2-12(3-6-15)9-19(24)22-20-23(16-8-13-1-4-14(16)7-13)17-10-28(25,26)11-18(17)27-20/h2-3,5-6,13-14,16-18H,1,4,7-11H2/t13-,14-,16-,17+,18+/m1/s1. The Kier molecular flexibility index (Phi) is 4.54. The minimum atomic E-state index is -3.02. The summed E-state index contributed by atoms with van der Waals surface area (Å²) in [4.78, 5) is 19.2. The van der Waals surface area contributed by atoms with E-state index in [1.165, 1.54) is 43.2 Å². The smallest absolute Gasteiger partial charge is 0.252 e. The number of amides is 1. The van der Waals surface area contributed by atoms with Crippen LogP contribution in [0.3, 0.4) is 0 Å². The largest absolute Gasteiger partial charge is 0.343 e. The molecule has 5 rings (SSSR count). The third-order valence-electron chi connectivity index (χ3n) is 6.65. The van der Waals surface area contributed by atoms with Gasteiger partial charge in [-0.1, -0.05) is 30.3 Å². The van der Waals surface area contributed by atoms with Crippen molar-refractivity contribution in [2.45, 2.75) is 49.4 Å². The summed E-state index contributed by atoms with van der Waals surface area (Å²) in [6, 6.07) is 6.14. The molecule has 1 aromatic carbocycles. The number of rotatable bonds is 3. The van der Waals surface area contributed by atoms with Gasteiger partial charge in [-0.15, -0.1) is 0 Å². The van der Waals surface area contributed by atoms with E-state index < -0.39 is 9.84 Å². The van der Waals surface area contributed by atoms with Crippen LogP contribution >= 0.6 is 11.8 Å².